The molecule has 2 heterocycles. The molecule has 0 aromatic carbocycles. The highest BCUT2D eigenvalue weighted by atomic mass is 15.2. The van der Waals surface area contributed by atoms with Gasteiger partial charge in [-0.1, -0.05) is 0 Å². The van der Waals surface area contributed by atoms with E-state index in [-0.39, 0.29) is 0 Å². The molecular weight excluding hydrogens is 174 g/mol. The molecule has 1 aliphatic rings. The van der Waals surface area contributed by atoms with Gasteiger partial charge in [0.1, 0.15) is 0 Å². The number of piperazine rings is 1. The number of pyridine rings is 1. The largest absolute Gasteiger partial charge is 0.362 e. The Morgan fingerprint density at radius 1 is 1.36 bits per heavy atom. The fourth-order valence-electron chi connectivity index (χ4n) is 2.15. The number of hydrogen-bond donors (Lipinski definition) is 1. The van der Waals surface area contributed by atoms with Gasteiger partial charge in [0.15, 0.2) is 0 Å². The molecule has 0 unspecified atom stereocenters. The van der Waals surface area contributed by atoms with Crippen LogP contribution in [0.15, 0.2) is 24.5 Å². The van der Waals surface area contributed by atoms with Crippen molar-refractivity contribution in [2.45, 2.75) is 25.9 Å². The highest BCUT2D eigenvalue weighted by molar-refractivity contribution is 5.46. The lowest BCUT2D eigenvalue weighted by molar-refractivity contribution is 0.431. The topological polar surface area (TPSA) is 28.2 Å². The summed E-state index contributed by atoms with van der Waals surface area (Å²) < 4.78 is 0. The van der Waals surface area contributed by atoms with Crippen LogP contribution in [0.5, 0.6) is 0 Å². The zero-order valence-electron chi connectivity index (χ0n) is 8.77. The molecule has 1 N–H and O–H groups in total. The molecule has 0 radical (unpaired) electrons. The van der Waals surface area contributed by atoms with Crippen molar-refractivity contribution in [1.29, 1.82) is 0 Å². The van der Waals surface area contributed by atoms with Crippen molar-refractivity contribution < 1.29 is 0 Å². The Bertz CT molecular complexity index is 276. The van der Waals surface area contributed by atoms with Crippen LogP contribution in [-0.4, -0.2) is 30.2 Å². The number of hydrogen-bond acceptors (Lipinski definition) is 3. The van der Waals surface area contributed by atoms with Crippen LogP contribution in [0.25, 0.3) is 0 Å². The molecule has 1 aliphatic heterocycles. The normalized spacial score (nSPS) is 27.7. The molecule has 0 amide bonds. The lowest BCUT2D eigenvalue weighted by atomic mass is 10.1. The van der Waals surface area contributed by atoms with E-state index in [4.69, 9.17) is 0 Å². The van der Waals surface area contributed by atoms with Crippen molar-refractivity contribution in [3.8, 4) is 0 Å². The van der Waals surface area contributed by atoms with Crippen LogP contribution in [0, 0.1) is 0 Å². The summed E-state index contributed by atoms with van der Waals surface area (Å²) in [5.74, 6) is 0. The summed E-state index contributed by atoms with van der Waals surface area (Å²) in [5, 5.41) is 3.42. The first-order valence-electron chi connectivity index (χ1n) is 5.18. The second-order valence-electron chi connectivity index (χ2n) is 3.97. The monoisotopic (exact) mass is 191 g/mol. The Hall–Kier alpha value is -1.09. The van der Waals surface area contributed by atoms with Gasteiger partial charge < -0.3 is 10.2 Å². The molecule has 3 nitrogen and oxygen atoms in total. The van der Waals surface area contributed by atoms with E-state index in [0.717, 1.165) is 13.1 Å². The quantitative estimate of drug-likeness (QED) is 0.724. The minimum absolute atomic E-state index is 0.544. The molecule has 0 saturated carbocycles. The number of aromatic nitrogens is 1. The van der Waals surface area contributed by atoms with E-state index in [1.54, 1.807) is 0 Å². The summed E-state index contributed by atoms with van der Waals surface area (Å²) in [6.07, 6.45) is 3.76. The van der Waals surface area contributed by atoms with Crippen LogP contribution in [-0.2, 0) is 0 Å². The Labute approximate surface area is 85.1 Å². The van der Waals surface area contributed by atoms with Crippen molar-refractivity contribution in [2.75, 3.05) is 18.0 Å². The van der Waals surface area contributed by atoms with E-state index >= 15 is 0 Å². The standard InChI is InChI=1S/C11H17N3/c1-9-6-13-7-10(2)14(9)11-4-3-5-12-8-11/h3-5,8-10,13H,6-7H2,1-2H3/t9-,10+. The van der Waals surface area contributed by atoms with E-state index in [1.165, 1.54) is 5.69 Å². The molecule has 0 aliphatic carbocycles. The zero-order valence-corrected chi connectivity index (χ0v) is 8.77. The summed E-state index contributed by atoms with van der Waals surface area (Å²) in [7, 11) is 0. The van der Waals surface area contributed by atoms with Gasteiger partial charge in [0.25, 0.3) is 0 Å². The summed E-state index contributed by atoms with van der Waals surface area (Å²) in [6, 6.07) is 5.22. The fourth-order valence-corrected chi connectivity index (χ4v) is 2.15. The van der Waals surface area contributed by atoms with Crippen molar-refractivity contribution in [1.82, 2.24) is 10.3 Å². The van der Waals surface area contributed by atoms with Crippen molar-refractivity contribution in [3.63, 3.8) is 0 Å². The third-order valence-corrected chi connectivity index (χ3v) is 2.77. The Morgan fingerprint density at radius 3 is 2.64 bits per heavy atom. The Kier molecular flexibility index (Phi) is 2.68. The average molecular weight is 191 g/mol. The predicted molar refractivity (Wildman–Crippen MR) is 58.5 cm³/mol. The van der Waals surface area contributed by atoms with E-state index in [9.17, 15) is 0 Å². The van der Waals surface area contributed by atoms with Gasteiger partial charge in [0, 0.05) is 31.4 Å². The molecule has 14 heavy (non-hydrogen) atoms. The van der Waals surface area contributed by atoms with Gasteiger partial charge in [-0.3, -0.25) is 4.98 Å². The molecule has 0 bridgehead atoms. The minimum Gasteiger partial charge on any atom is -0.362 e. The van der Waals surface area contributed by atoms with Crippen molar-refractivity contribution >= 4 is 5.69 Å². The van der Waals surface area contributed by atoms with Crippen LogP contribution in [0.3, 0.4) is 0 Å². The molecule has 3 heteroatoms. The molecule has 2 rings (SSSR count). The molecule has 76 valence electrons. The van der Waals surface area contributed by atoms with Crippen molar-refractivity contribution in [3.05, 3.63) is 24.5 Å². The maximum absolute atomic E-state index is 4.17. The third-order valence-electron chi connectivity index (χ3n) is 2.77. The highest BCUT2D eigenvalue weighted by Gasteiger charge is 2.24. The zero-order chi connectivity index (χ0) is 9.97. The van der Waals surface area contributed by atoms with E-state index in [2.05, 4.69) is 35.1 Å². The van der Waals surface area contributed by atoms with Crippen LogP contribution < -0.4 is 10.2 Å². The number of anilines is 1. The van der Waals surface area contributed by atoms with Crippen molar-refractivity contribution in [2.24, 2.45) is 0 Å². The first-order chi connectivity index (χ1) is 6.79. The van der Waals surface area contributed by atoms with Crippen LogP contribution in [0.4, 0.5) is 5.69 Å². The fraction of sp³-hybridized carbons (Fsp3) is 0.545. The molecule has 2 atom stereocenters. The third kappa shape index (κ3) is 1.73. The molecular formula is C11H17N3. The minimum atomic E-state index is 0.544. The van der Waals surface area contributed by atoms with E-state index < -0.39 is 0 Å². The van der Waals surface area contributed by atoms with E-state index in [1.807, 2.05) is 18.5 Å². The van der Waals surface area contributed by atoms with Crippen LogP contribution in [0.2, 0.25) is 0 Å². The summed E-state index contributed by atoms with van der Waals surface area (Å²) in [4.78, 5) is 6.60. The first kappa shape index (κ1) is 9.46. The predicted octanol–water partition coefficient (Wildman–Crippen LogP) is 1.27. The van der Waals surface area contributed by atoms with Crippen LogP contribution in [0.1, 0.15) is 13.8 Å². The Morgan fingerprint density at radius 2 is 2.07 bits per heavy atom. The maximum Gasteiger partial charge on any atom is 0.0558 e. The molecule has 1 aromatic heterocycles. The summed E-state index contributed by atoms with van der Waals surface area (Å²) in [5.41, 5.74) is 1.23. The average Bonchev–Trinajstić information content (AvgIpc) is 2.19. The highest BCUT2D eigenvalue weighted by Crippen LogP contribution is 2.20. The molecule has 1 fully saturated rings. The van der Waals surface area contributed by atoms with Gasteiger partial charge in [-0.15, -0.1) is 0 Å². The smallest absolute Gasteiger partial charge is 0.0558 e. The second kappa shape index (κ2) is 3.96. The first-order valence-corrected chi connectivity index (χ1v) is 5.18. The lowest BCUT2D eigenvalue weighted by Gasteiger charge is -2.41. The SMILES string of the molecule is C[C@@H]1CNC[C@H](C)N1c1cccnc1. The van der Waals surface area contributed by atoms with Gasteiger partial charge >= 0.3 is 0 Å². The van der Waals surface area contributed by atoms with Gasteiger partial charge in [-0.2, -0.15) is 0 Å². The van der Waals surface area contributed by atoms with E-state index in [0.29, 0.717) is 12.1 Å². The van der Waals surface area contributed by atoms with Gasteiger partial charge in [0.2, 0.25) is 0 Å². The maximum atomic E-state index is 4.17. The summed E-state index contributed by atoms with van der Waals surface area (Å²) in [6.45, 7) is 6.60. The van der Waals surface area contributed by atoms with Gasteiger partial charge in [0.05, 0.1) is 11.9 Å². The second-order valence-corrected chi connectivity index (χ2v) is 3.97. The number of nitrogens with one attached hydrogen (secondary N) is 1. The molecule has 0 spiro atoms. The van der Waals surface area contributed by atoms with Gasteiger partial charge in [-0.25, -0.2) is 0 Å². The number of nitrogens with zero attached hydrogens (tertiary/aromatic N) is 2. The lowest BCUT2D eigenvalue weighted by Crippen LogP contribution is -2.55. The molecule has 1 saturated heterocycles. The number of rotatable bonds is 1. The van der Waals surface area contributed by atoms with Gasteiger partial charge in [-0.05, 0) is 26.0 Å². The van der Waals surface area contributed by atoms with Crippen LogP contribution >= 0.6 is 0 Å². The molecule has 1 aromatic rings. The Balaban J connectivity index is 2.23. The summed E-state index contributed by atoms with van der Waals surface area (Å²) >= 11 is 0.